The van der Waals surface area contributed by atoms with Crippen LogP contribution in [0.25, 0.3) is 11.0 Å². The Bertz CT molecular complexity index is 1050. The molecule has 158 valence electrons. The van der Waals surface area contributed by atoms with Crippen molar-refractivity contribution in [3.63, 3.8) is 0 Å². The number of imide groups is 1. The van der Waals surface area contributed by atoms with Crippen LogP contribution in [0, 0.1) is 6.92 Å². The minimum Gasteiger partial charge on any atom is -0.450 e. The Balaban J connectivity index is 1.46. The third-order valence-corrected chi connectivity index (χ3v) is 4.79. The van der Waals surface area contributed by atoms with E-state index in [0.717, 1.165) is 30.9 Å². The van der Waals surface area contributed by atoms with Gasteiger partial charge in [0.1, 0.15) is 5.58 Å². The van der Waals surface area contributed by atoms with E-state index in [2.05, 4.69) is 16.7 Å². The fraction of sp³-hybridized carbons (Fsp3) is 0.364. The molecule has 8 nitrogen and oxygen atoms in total. The first-order chi connectivity index (χ1) is 14.4. The van der Waals surface area contributed by atoms with Crippen molar-refractivity contribution in [1.82, 2.24) is 10.6 Å². The van der Waals surface area contributed by atoms with Gasteiger partial charge in [0.2, 0.25) is 5.76 Å². The van der Waals surface area contributed by atoms with Crippen LogP contribution in [0.3, 0.4) is 0 Å². The van der Waals surface area contributed by atoms with Crippen LogP contribution in [0.4, 0.5) is 4.79 Å². The summed E-state index contributed by atoms with van der Waals surface area (Å²) in [5.74, 6) is -2.06. The molecule has 0 saturated carbocycles. The number of urea groups is 1. The maximum absolute atomic E-state index is 12.2. The van der Waals surface area contributed by atoms with Crippen molar-refractivity contribution in [2.75, 3.05) is 13.2 Å². The fourth-order valence-corrected chi connectivity index (χ4v) is 3.25. The molecule has 1 aliphatic rings. The number of ether oxygens (including phenoxy) is 1. The Morgan fingerprint density at radius 1 is 1.17 bits per heavy atom. The largest absolute Gasteiger partial charge is 0.450 e. The van der Waals surface area contributed by atoms with E-state index < -0.39 is 24.5 Å². The zero-order valence-corrected chi connectivity index (χ0v) is 16.8. The van der Waals surface area contributed by atoms with Gasteiger partial charge in [0, 0.05) is 12.6 Å². The molecule has 1 aromatic carbocycles. The molecule has 8 heteroatoms. The minimum atomic E-state index is -0.964. The number of rotatable bonds is 6. The molecule has 2 N–H and O–H groups in total. The van der Waals surface area contributed by atoms with Gasteiger partial charge in [0.05, 0.1) is 5.39 Å². The highest BCUT2D eigenvalue weighted by Gasteiger charge is 2.16. The second-order valence-corrected chi connectivity index (χ2v) is 7.21. The zero-order chi connectivity index (χ0) is 21.5. The molecule has 0 atom stereocenters. The number of fused-ring (bicyclic) bond motifs is 1. The zero-order valence-electron chi connectivity index (χ0n) is 16.8. The molecule has 3 rings (SSSR count). The first kappa shape index (κ1) is 21.3. The van der Waals surface area contributed by atoms with E-state index in [1.54, 1.807) is 18.2 Å². The van der Waals surface area contributed by atoms with Crippen molar-refractivity contribution in [2.24, 2.45) is 0 Å². The first-order valence-corrected chi connectivity index (χ1v) is 9.89. The number of hydrogen-bond acceptors (Lipinski definition) is 6. The summed E-state index contributed by atoms with van der Waals surface area (Å²) in [4.78, 5) is 47.8. The third kappa shape index (κ3) is 5.79. The smallest absolute Gasteiger partial charge is 0.374 e. The molecule has 0 saturated heterocycles. The average Bonchev–Trinajstić information content (AvgIpc) is 2.73. The number of allylic oxidation sites excluding steroid dienone is 1. The fourth-order valence-electron chi connectivity index (χ4n) is 3.25. The summed E-state index contributed by atoms with van der Waals surface area (Å²) >= 11 is 0. The van der Waals surface area contributed by atoms with Gasteiger partial charge >= 0.3 is 12.0 Å². The predicted molar refractivity (Wildman–Crippen MR) is 110 cm³/mol. The topological polar surface area (TPSA) is 115 Å². The molecular formula is C22H24N2O6. The number of nitrogens with one attached hydrogen (secondary N) is 2. The maximum Gasteiger partial charge on any atom is 0.374 e. The summed E-state index contributed by atoms with van der Waals surface area (Å²) in [5.41, 5.74) is 2.06. The highest BCUT2D eigenvalue weighted by atomic mass is 16.5. The number of carbonyl (C=O) groups is 3. The van der Waals surface area contributed by atoms with Crippen molar-refractivity contribution in [2.45, 2.75) is 39.0 Å². The number of amides is 3. The number of hydrogen-bond donors (Lipinski definition) is 2. The summed E-state index contributed by atoms with van der Waals surface area (Å²) in [7, 11) is 0. The summed E-state index contributed by atoms with van der Waals surface area (Å²) in [6, 6.07) is 5.36. The lowest BCUT2D eigenvalue weighted by atomic mass is 9.97. The molecule has 0 radical (unpaired) electrons. The van der Waals surface area contributed by atoms with Crippen LogP contribution >= 0.6 is 0 Å². The van der Waals surface area contributed by atoms with E-state index in [-0.39, 0.29) is 16.8 Å². The summed E-state index contributed by atoms with van der Waals surface area (Å²) in [6.07, 6.45) is 7.42. The van der Waals surface area contributed by atoms with Gasteiger partial charge in [-0.2, -0.15) is 0 Å². The average molecular weight is 412 g/mol. The van der Waals surface area contributed by atoms with Crippen LogP contribution in [0.15, 0.2) is 45.1 Å². The van der Waals surface area contributed by atoms with Gasteiger partial charge in [-0.15, -0.1) is 0 Å². The van der Waals surface area contributed by atoms with Gasteiger partial charge in [-0.05, 0) is 51.2 Å². The Morgan fingerprint density at radius 2 is 2.00 bits per heavy atom. The minimum absolute atomic E-state index is 0.247. The van der Waals surface area contributed by atoms with E-state index >= 15 is 0 Å². The van der Waals surface area contributed by atoms with Crippen LogP contribution in [0.2, 0.25) is 0 Å². The van der Waals surface area contributed by atoms with Gasteiger partial charge in [0.25, 0.3) is 5.91 Å². The summed E-state index contributed by atoms with van der Waals surface area (Å²) < 4.78 is 10.2. The van der Waals surface area contributed by atoms with Gasteiger partial charge in [-0.25, -0.2) is 9.59 Å². The molecule has 0 unspecified atom stereocenters. The van der Waals surface area contributed by atoms with E-state index in [1.807, 2.05) is 6.92 Å². The summed E-state index contributed by atoms with van der Waals surface area (Å²) in [6.45, 7) is 1.59. The number of aryl methyl sites for hydroxylation is 1. The Kier molecular flexibility index (Phi) is 7.00. The molecular weight excluding hydrogens is 388 g/mol. The van der Waals surface area contributed by atoms with Crippen LogP contribution in [0.5, 0.6) is 0 Å². The SMILES string of the molecule is Cc1ccc2oc(C(=O)OCC(=O)NC(=O)NCCC3=CCCCC3)cc(=O)c2c1. The van der Waals surface area contributed by atoms with Crippen LogP contribution in [-0.4, -0.2) is 31.1 Å². The molecule has 30 heavy (non-hydrogen) atoms. The van der Waals surface area contributed by atoms with Crippen molar-refractivity contribution in [3.8, 4) is 0 Å². The van der Waals surface area contributed by atoms with Crippen LogP contribution in [-0.2, 0) is 9.53 Å². The third-order valence-electron chi connectivity index (χ3n) is 4.79. The van der Waals surface area contributed by atoms with Crippen molar-refractivity contribution in [3.05, 3.63) is 57.5 Å². The molecule has 3 amide bonds. The number of benzene rings is 1. The van der Waals surface area contributed by atoms with Crippen molar-refractivity contribution < 1.29 is 23.5 Å². The van der Waals surface area contributed by atoms with E-state index in [1.165, 1.54) is 18.4 Å². The van der Waals surface area contributed by atoms with Gasteiger partial charge in [0.15, 0.2) is 12.0 Å². The van der Waals surface area contributed by atoms with E-state index in [0.29, 0.717) is 11.9 Å². The quantitative estimate of drug-likeness (QED) is 0.557. The Labute approximate surface area is 173 Å². The monoisotopic (exact) mass is 412 g/mol. The number of carbonyl (C=O) groups excluding carboxylic acids is 3. The summed E-state index contributed by atoms with van der Waals surface area (Å²) in [5, 5.41) is 5.05. The lowest BCUT2D eigenvalue weighted by Gasteiger charge is -2.13. The van der Waals surface area contributed by atoms with Gasteiger partial charge in [-0.1, -0.05) is 23.3 Å². The maximum atomic E-state index is 12.2. The second-order valence-electron chi connectivity index (χ2n) is 7.21. The highest BCUT2D eigenvalue weighted by molar-refractivity contribution is 5.96. The number of esters is 1. The second kappa shape index (κ2) is 9.87. The van der Waals surface area contributed by atoms with Crippen LogP contribution in [0.1, 0.15) is 48.2 Å². The van der Waals surface area contributed by atoms with Gasteiger partial charge < -0.3 is 14.5 Å². The molecule has 0 fully saturated rings. The lowest BCUT2D eigenvalue weighted by molar-refractivity contribution is -0.123. The highest BCUT2D eigenvalue weighted by Crippen LogP contribution is 2.19. The van der Waals surface area contributed by atoms with E-state index in [4.69, 9.17) is 9.15 Å². The first-order valence-electron chi connectivity index (χ1n) is 9.89. The molecule has 0 aliphatic heterocycles. The van der Waals surface area contributed by atoms with Gasteiger partial charge in [-0.3, -0.25) is 14.9 Å². The lowest BCUT2D eigenvalue weighted by Crippen LogP contribution is -2.41. The van der Waals surface area contributed by atoms with Crippen LogP contribution < -0.4 is 16.1 Å². The normalized spacial score (nSPS) is 13.4. The molecule has 1 aliphatic carbocycles. The van der Waals surface area contributed by atoms with E-state index in [9.17, 15) is 19.2 Å². The molecule has 1 heterocycles. The molecule has 0 bridgehead atoms. The standard InChI is InChI=1S/C22H24N2O6/c1-14-7-8-18-16(11-14)17(25)12-19(30-18)21(27)29-13-20(26)24-22(28)23-10-9-15-5-3-2-4-6-15/h5,7-8,11-12H,2-4,6,9-10,13H2,1H3,(H2,23,24,26,28). The Hall–Kier alpha value is -3.42. The predicted octanol–water partition coefficient (Wildman–Crippen LogP) is 2.97. The molecule has 0 spiro atoms. The van der Waals surface area contributed by atoms with Crippen molar-refractivity contribution in [1.29, 1.82) is 0 Å². The van der Waals surface area contributed by atoms with Crippen molar-refractivity contribution >= 4 is 28.9 Å². The molecule has 1 aromatic heterocycles. The Morgan fingerprint density at radius 3 is 2.77 bits per heavy atom. The molecule has 2 aromatic rings.